The Hall–Kier alpha value is -3.47. The van der Waals surface area contributed by atoms with Crippen molar-refractivity contribution in [2.24, 2.45) is 10.7 Å². The van der Waals surface area contributed by atoms with Crippen molar-refractivity contribution < 1.29 is 9.53 Å². The van der Waals surface area contributed by atoms with Gasteiger partial charge in [0.1, 0.15) is 0 Å². The lowest BCUT2D eigenvalue weighted by Crippen LogP contribution is -2.40. The van der Waals surface area contributed by atoms with Crippen LogP contribution in [0.4, 0.5) is 5.95 Å². The molecule has 1 aliphatic heterocycles. The fourth-order valence-corrected chi connectivity index (χ4v) is 5.03. The molecule has 0 amide bonds. The summed E-state index contributed by atoms with van der Waals surface area (Å²) < 4.78 is 5.66. The summed E-state index contributed by atoms with van der Waals surface area (Å²) in [7, 11) is 0. The van der Waals surface area contributed by atoms with Gasteiger partial charge in [0.05, 0.1) is 40.5 Å². The first kappa shape index (κ1) is 28.5. The lowest BCUT2D eigenvalue weighted by Gasteiger charge is -2.21. The number of anilines is 1. The molecule has 0 saturated carbocycles. The molecule has 0 radical (unpaired) electrons. The molecule has 1 aromatic carbocycles. The average molecular weight is 548 g/mol. The standard InChI is InChI=1S/C29H37N7O2S/c1-19-13-21(6-5-20(19)7-8-25(37)26-18-34-27(39-26)29(2,3)4)24-9-10-33-28(36-24)35-22(14-30)15-32-17-23-16-31-11-12-38-23/h5-6,9-10,13-15,18,23,31H,7-8,11-12,16-17,30H2,1-4H3,(H,33,35,36)/t23-/m0/s1. The summed E-state index contributed by atoms with van der Waals surface area (Å²) in [5, 5.41) is 7.40. The lowest BCUT2D eigenvalue weighted by molar-refractivity contribution is 0.0350. The molecule has 0 unspecified atom stereocenters. The summed E-state index contributed by atoms with van der Waals surface area (Å²) in [4.78, 5) is 31.4. The number of thiazole rings is 1. The molecule has 3 aromatic rings. The third-order valence-electron chi connectivity index (χ3n) is 6.32. The van der Waals surface area contributed by atoms with Gasteiger partial charge < -0.3 is 21.1 Å². The van der Waals surface area contributed by atoms with Crippen LogP contribution >= 0.6 is 11.3 Å². The van der Waals surface area contributed by atoms with Crippen LogP contribution in [0.1, 0.15) is 53.0 Å². The van der Waals surface area contributed by atoms with Gasteiger partial charge in [-0.1, -0.05) is 32.9 Å². The smallest absolute Gasteiger partial charge is 0.227 e. The maximum absolute atomic E-state index is 12.8. The first-order chi connectivity index (χ1) is 18.7. The van der Waals surface area contributed by atoms with Gasteiger partial charge in [-0.2, -0.15) is 0 Å². The molecular formula is C29H37N7O2S. The van der Waals surface area contributed by atoms with Crippen molar-refractivity contribution in [3.05, 3.63) is 69.6 Å². The predicted molar refractivity (Wildman–Crippen MR) is 158 cm³/mol. The first-order valence-corrected chi connectivity index (χ1v) is 14.0. The number of Topliss-reactive ketones (excluding diaryl/α,β-unsaturated/α-hetero) is 1. The fourth-order valence-electron chi connectivity index (χ4n) is 4.09. The number of hydrogen-bond donors (Lipinski definition) is 3. The molecule has 2 aromatic heterocycles. The fraction of sp³-hybridized carbons (Fsp3) is 0.414. The van der Waals surface area contributed by atoms with E-state index in [2.05, 4.69) is 70.4 Å². The number of aromatic nitrogens is 3. The molecule has 4 rings (SSSR count). The Morgan fingerprint density at radius 2 is 2.15 bits per heavy atom. The van der Waals surface area contributed by atoms with Crippen LogP contribution < -0.4 is 16.4 Å². The highest BCUT2D eigenvalue weighted by Gasteiger charge is 2.20. The van der Waals surface area contributed by atoms with E-state index in [1.807, 2.05) is 12.1 Å². The van der Waals surface area contributed by atoms with E-state index in [-0.39, 0.29) is 17.3 Å². The van der Waals surface area contributed by atoms with Crippen LogP contribution in [-0.2, 0) is 16.6 Å². The van der Waals surface area contributed by atoms with Gasteiger partial charge in [0.25, 0.3) is 0 Å². The Morgan fingerprint density at radius 3 is 2.85 bits per heavy atom. The number of benzene rings is 1. The molecule has 0 aliphatic carbocycles. The van der Waals surface area contributed by atoms with Crippen molar-refractivity contribution in [1.82, 2.24) is 20.3 Å². The van der Waals surface area contributed by atoms with E-state index in [0.29, 0.717) is 37.6 Å². The molecule has 0 bridgehead atoms. The minimum atomic E-state index is -0.0520. The van der Waals surface area contributed by atoms with Gasteiger partial charge in [-0.15, -0.1) is 11.3 Å². The van der Waals surface area contributed by atoms with Crippen molar-refractivity contribution in [2.45, 2.75) is 52.1 Å². The topological polar surface area (TPSA) is 127 Å². The van der Waals surface area contributed by atoms with E-state index in [1.54, 1.807) is 18.6 Å². The number of ketones is 1. The molecule has 10 heteroatoms. The zero-order valence-electron chi connectivity index (χ0n) is 23.0. The Balaban J connectivity index is 1.36. The van der Waals surface area contributed by atoms with Gasteiger partial charge in [-0.3, -0.25) is 9.79 Å². The number of aryl methyl sites for hydroxylation is 2. The molecular weight excluding hydrogens is 510 g/mol. The highest BCUT2D eigenvalue weighted by atomic mass is 32.1. The molecule has 1 fully saturated rings. The number of nitrogens with one attached hydrogen (secondary N) is 2. The zero-order valence-corrected chi connectivity index (χ0v) is 23.8. The van der Waals surface area contributed by atoms with Crippen molar-refractivity contribution >= 4 is 29.3 Å². The van der Waals surface area contributed by atoms with E-state index in [0.717, 1.165) is 45.4 Å². The molecule has 39 heavy (non-hydrogen) atoms. The third-order valence-corrected chi connectivity index (χ3v) is 7.78. The maximum Gasteiger partial charge on any atom is 0.227 e. The predicted octanol–water partition coefficient (Wildman–Crippen LogP) is 4.29. The van der Waals surface area contributed by atoms with E-state index >= 15 is 0 Å². The summed E-state index contributed by atoms with van der Waals surface area (Å²) in [6.45, 7) is 11.3. The van der Waals surface area contributed by atoms with Gasteiger partial charge in [-0.25, -0.2) is 15.0 Å². The number of morpholine rings is 1. The lowest BCUT2D eigenvalue weighted by atomic mass is 9.98. The summed E-state index contributed by atoms with van der Waals surface area (Å²) in [5.41, 5.74) is 10.3. The molecule has 1 saturated heterocycles. The zero-order chi connectivity index (χ0) is 27.8. The average Bonchev–Trinajstić information content (AvgIpc) is 3.44. The number of hydrogen-bond acceptors (Lipinski definition) is 10. The normalized spacial score (nSPS) is 16.5. The largest absolute Gasteiger partial charge is 0.403 e. The Kier molecular flexibility index (Phi) is 9.55. The Labute approximate surface area is 234 Å². The van der Waals surface area contributed by atoms with Gasteiger partial charge in [0.2, 0.25) is 5.95 Å². The number of carbonyl (C=O) groups excluding carboxylic acids is 1. The van der Waals surface area contributed by atoms with E-state index in [9.17, 15) is 4.79 Å². The third kappa shape index (κ3) is 8.01. The second kappa shape index (κ2) is 13.1. The Bertz CT molecular complexity index is 1340. The minimum absolute atomic E-state index is 0.0520. The molecule has 1 atom stereocenters. The number of rotatable bonds is 10. The van der Waals surface area contributed by atoms with Gasteiger partial charge in [-0.05, 0) is 36.6 Å². The number of aliphatic imine (C=N–C) groups is 1. The number of carbonyl (C=O) groups is 1. The number of nitrogens with two attached hydrogens (primary N) is 1. The van der Waals surface area contributed by atoms with Crippen LogP contribution in [0.5, 0.6) is 0 Å². The number of allylic oxidation sites excluding steroid dienone is 1. The highest BCUT2D eigenvalue weighted by Crippen LogP contribution is 2.28. The van der Waals surface area contributed by atoms with Crippen LogP contribution in [-0.4, -0.2) is 59.3 Å². The first-order valence-electron chi connectivity index (χ1n) is 13.2. The van der Waals surface area contributed by atoms with Crippen LogP contribution in [0, 0.1) is 6.92 Å². The summed E-state index contributed by atoms with van der Waals surface area (Å²) in [6.07, 6.45) is 7.72. The monoisotopic (exact) mass is 547 g/mol. The SMILES string of the molecule is Cc1cc(-c2ccnc(NC(C=NC[C@@H]3CNCCO3)=CN)n2)ccc1CCC(=O)c1cnc(C(C)(C)C)s1. The van der Waals surface area contributed by atoms with E-state index < -0.39 is 0 Å². The van der Waals surface area contributed by atoms with Crippen LogP contribution in [0.2, 0.25) is 0 Å². The summed E-state index contributed by atoms with van der Waals surface area (Å²) in [6, 6.07) is 8.06. The number of nitrogens with zero attached hydrogens (tertiary/aromatic N) is 4. The van der Waals surface area contributed by atoms with E-state index in [4.69, 9.17) is 10.5 Å². The van der Waals surface area contributed by atoms with Gasteiger partial charge in [0.15, 0.2) is 5.78 Å². The summed E-state index contributed by atoms with van der Waals surface area (Å²) in [5.74, 6) is 0.561. The van der Waals surface area contributed by atoms with Gasteiger partial charge >= 0.3 is 0 Å². The van der Waals surface area contributed by atoms with Crippen LogP contribution in [0.15, 0.2) is 53.5 Å². The highest BCUT2D eigenvalue weighted by molar-refractivity contribution is 7.13. The van der Waals surface area contributed by atoms with Crippen molar-refractivity contribution in [1.29, 1.82) is 0 Å². The van der Waals surface area contributed by atoms with Crippen LogP contribution in [0.3, 0.4) is 0 Å². The van der Waals surface area contributed by atoms with Gasteiger partial charge in [0, 0.05) is 55.3 Å². The van der Waals surface area contributed by atoms with Crippen LogP contribution in [0.25, 0.3) is 11.3 Å². The van der Waals surface area contributed by atoms with Crippen molar-refractivity contribution in [3.8, 4) is 11.3 Å². The van der Waals surface area contributed by atoms with Crippen molar-refractivity contribution in [3.63, 3.8) is 0 Å². The maximum atomic E-state index is 12.8. The minimum Gasteiger partial charge on any atom is -0.403 e. The summed E-state index contributed by atoms with van der Waals surface area (Å²) >= 11 is 1.50. The molecule has 1 aliphatic rings. The Morgan fingerprint density at radius 1 is 1.31 bits per heavy atom. The van der Waals surface area contributed by atoms with E-state index in [1.165, 1.54) is 17.5 Å². The molecule has 3 heterocycles. The molecule has 0 spiro atoms. The quantitative estimate of drug-likeness (QED) is 0.253. The molecule has 4 N–H and O–H groups in total. The second-order valence-corrected chi connectivity index (χ2v) is 11.6. The molecule has 206 valence electrons. The second-order valence-electron chi connectivity index (χ2n) is 10.5. The van der Waals surface area contributed by atoms with Crippen molar-refractivity contribution in [2.75, 3.05) is 31.6 Å². The molecule has 9 nitrogen and oxygen atoms in total. The number of ether oxygens (including phenoxy) is 1.